The van der Waals surface area contributed by atoms with Gasteiger partial charge in [0.1, 0.15) is 16.4 Å². The Labute approximate surface area is 120 Å². The van der Waals surface area contributed by atoms with Crippen LogP contribution in [-0.4, -0.2) is 35.4 Å². The Hall–Kier alpha value is -1.27. The molecule has 1 atom stereocenters. The maximum atomic E-state index is 11.8. The van der Waals surface area contributed by atoms with Crippen LogP contribution in [-0.2, 0) is 9.84 Å². The largest absolute Gasteiger partial charge is 0.496 e. The Morgan fingerprint density at radius 1 is 1.15 bits per heavy atom. The molecule has 0 spiro atoms. The molecule has 1 aliphatic heterocycles. The molecule has 5 nitrogen and oxygen atoms in total. The van der Waals surface area contributed by atoms with Gasteiger partial charge in [0.25, 0.3) is 0 Å². The summed E-state index contributed by atoms with van der Waals surface area (Å²) < 4.78 is 34.2. The van der Waals surface area contributed by atoms with Crippen molar-refractivity contribution >= 4 is 9.84 Å². The maximum Gasteiger partial charge on any atom is 0.179 e. The molecule has 1 fully saturated rings. The van der Waals surface area contributed by atoms with Crippen LogP contribution in [0, 0.1) is 0 Å². The number of hydrogen-bond acceptors (Lipinski definition) is 5. The van der Waals surface area contributed by atoms with Gasteiger partial charge in [-0.2, -0.15) is 0 Å². The number of piperidine rings is 1. The Bertz CT molecular complexity index is 577. The van der Waals surface area contributed by atoms with E-state index in [0.717, 1.165) is 31.4 Å². The van der Waals surface area contributed by atoms with Crippen LogP contribution in [0.2, 0.25) is 0 Å². The molecule has 0 aliphatic carbocycles. The van der Waals surface area contributed by atoms with Crippen molar-refractivity contribution < 1.29 is 17.9 Å². The molecule has 1 N–H and O–H groups in total. The second-order valence-corrected chi connectivity index (χ2v) is 7.00. The molecule has 0 amide bonds. The second kappa shape index (κ2) is 6.01. The van der Waals surface area contributed by atoms with Crippen LogP contribution < -0.4 is 14.8 Å². The lowest BCUT2D eigenvalue weighted by atomic mass is 9.96. The molecule has 1 aromatic carbocycles. The third kappa shape index (κ3) is 3.07. The Morgan fingerprint density at radius 3 is 2.35 bits per heavy atom. The van der Waals surface area contributed by atoms with E-state index >= 15 is 0 Å². The van der Waals surface area contributed by atoms with E-state index < -0.39 is 9.84 Å². The van der Waals surface area contributed by atoms with E-state index in [2.05, 4.69) is 5.32 Å². The molecule has 0 bridgehead atoms. The topological polar surface area (TPSA) is 64.6 Å². The van der Waals surface area contributed by atoms with Crippen LogP contribution in [0.15, 0.2) is 17.0 Å². The van der Waals surface area contributed by atoms with E-state index in [-0.39, 0.29) is 10.9 Å². The number of sulfone groups is 1. The third-order valence-electron chi connectivity index (χ3n) is 3.60. The molecule has 0 radical (unpaired) electrons. The van der Waals surface area contributed by atoms with Gasteiger partial charge in [0.05, 0.1) is 14.2 Å². The lowest BCUT2D eigenvalue weighted by Crippen LogP contribution is -2.27. The summed E-state index contributed by atoms with van der Waals surface area (Å²) in [6.45, 7) is 0.962. The smallest absolute Gasteiger partial charge is 0.179 e. The fraction of sp³-hybridized carbons (Fsp3) is 0.571. The summed E-state index contributed by atoms with van der Waals surface area (Å²) in [5.41, 5.74) is 0.955. The molecule has 2 rings (SSSR count). The van der Waals surface area contributed by atoms with Gasteiger partial charge in [-0.3, -0.25) is 0 Å². The third-order valence-corrected chi connectivity index (χ3v) is 4.72. The van der Waals surface area contributed by atoms with Crippen molar-refractivity contribution in [2.75, 3.05) is 27.0 Å². The van der Waals surface area contributed by atoms with Crippen molar-refractivity contribution in [1.29, 1.82) is 0 Å². The average molecular weight is 299 g/mol. The zero-order valence-electron chi connectivity index (χ0n) is 12.1. The number of ether oxygens (including phenoxy) is 2. The van der Waals surface area contributed by atoms with Gasteiger partial charge < -0.3 is 14.8 Å². The summed E-state index contributed by atoms with van der Waals surface area (Å²) in [6, 6.07) is 3.51. The van der Waals surface area contributed by atoms with Crippen molar-refractivity contribution in [3.63, 3.8) is 0 Å². The fourth-order valence-electron chi connectivity index (χ4n) is 2.57. The van der Waals surface area contributed by atoms with E-state index in [0.29, 0.717) is 11.5 Å². The highest BCUT2D eigenvalue weighted by Gasteiger charge is 2.24. The van der Waals surface area contributed by atoms with Crippen molar-refractivity contribution in [3.05, 3.63) is 17.7 Å². The van der Waals surface area contributed by atoms with Crippen LogP contribution >= 0.6 is 0 Å². The Kier molecular flexibility index (Phi) is 4.55. The van der Waals surface area contributed by atoms with Gasteiger partial charge in [0, 0.05) is 23.9 Å². The van der Waals surface area contributed by atoms with Gasteiger partial charge in [-0.1, -0.05) is 6.42 Å². The van der Waals surface area contributed by atoms with E-state index in [1.165, 1.54) is 13.4 Å². The maximum absolute atomic E-state index is 11.8. The number of benzene rings is 1. The predicted octanol–water partition coefficient (Wildman–Crippen LogP) is 1.92. The SMILES string of the molecule is COc1cc(S(C)(=O)=O)c(OC)cc1C1CCCCN1. The summed E-state index contributed by atoms with van der Waals surface area (Å²) in [7, 11) is -0.315. The highest BCUT2D eigenvalue weighted by atomic mass is 32.2. The van der Waals surface area contributed by atoms with Gasteiger partial charge in [-0.15, -0.1) is 0 Å². The van der Waals surface area contributed by atoms with Crippen LogP contribution in [0.25, 0.3) is 0 Å². The first-order valence-electron chi connectivity index (χ1n) is 6.66. The van der Waals surface area contributed by atoms with E-state index in [1.807, 2.05) is 0 Å². The highest BCUT2D eigenvalue weighted by Crippen LogP contribution is 2.37. The minimum atomic E-state index is -3.35. The zero-order valence-corrected chi connectivity index (χ0v) is 12.9. The number of methoxy groups -OCH3 is 2. The number of hydrogen-bond donors (Lipinski definition) is 1. The number of rotatable bonds is 4. The fourth-order valence-corrected chi connectivity index (χ4v) is 3.40. The summed E-state index contributed by atoms with van der Waals surface area (Å²) >= 11 is 0. The van der Waals surface area contributed by atoms with Crippen LogP contribution in [0.4, 0.5) is 0 Å². The molecular formula is C14H21NO4S. The van der Waals surface area contributed by atoms with Crippen LogP contribution in [0.5, 0.6) is 11.5 Å². The van der Waals surface area contributed by atoms with Gasteiger partial charge in [0.15, 0.2) is 9.84 Å². The molecular weight excluding hydrogens is 278 g/mol. The van der Waals surface area contributed by atoms with Crippen molar-refractivity contribution in [2.24, 2.45) is 0 Å². The Morgan fingerprint density at radius 2 is 1.85 bits per heavy atom. The van der Waals surface area contributed by atoms with Crippen molar-refractivity contribution in [3.8, 4) is 11.5 Å². The lowest BCUT2D eigenvalue weighted by molar-refractivity contribution is 0.363. The van der Waals surface area contributed by atoms with Gasteiger partial charge >= 0.3 is 0 Å². The van der Waals surface area contributed by atoms with E-state index in [1.54, 1.807) is 19.2 Å². The first-order valence-corrected chi connectivity index (χ1v) is 8.56. The molecule has 0 aromatic heterocycles. The Balaban J connectivity index is 2.52. The predicted molar refractivity (Wildman–Crippen MR) is 77.3 cm³/mol. The van der Waals surface area contributed by atoms with Gasteiger partial charge in [-0.05, 0) is 25.5 Å². The molecule has 112 valence electrons. The zero-order chi connectivity index (χ0) is 14.8. The molecule has 0 saturated carbocycles. The van der Waals surface area contributed by atoms with Crippen LogP contribution in [0.1, 0.15) is 30.9 Å². The summed E-state index contributed by atoms with van der Waals surface area (Å²) in [5, 5.41) is 3.43. The quantitative estimate of drug-likeness (QED) is 0.920. The van der Waals surface area contributed by atoms with E-state index in [9.17, 15) is 8.42 Å². The average Bonchev–Trinajstić information content (AvgIpc) is 2.45. The van der Waals surface area contributed by atoms with Crippen molar-refractivity contribution in [2.45, 2.75) is 30.2 Å². The molecule has 20 heavy (non-hydrogen) atoms. The van der Waals surface area contributed by atoms with E-state index in [4.69, 9.17) is 9.47 Å². The van der Waals surface area contributed by atoms with Gasteiger partial charge in [0.2, 0.25) is 0 Å². The lowest BCUT2D eigenvalue weighted by Gasteiger charge is -2.26. The highest BCUT2D eigenvalue weighted by molar-refractivity contribution is 7.90. The normalized spacial score (nSPS) is 19.6. The minimum absolute atomic E-state index is 0.163. The first kappa shape index (κ1) is 15.1. The summed E-state index contributed by atoms with van der Waals surface area (Å²) in [5.74, 6) is 0.960. The monoisotopic (exact) mass is 299 g/mol. The molecule has 1 aliphatic rings. The summed E-state index contributed by atoms with van der Waals surface area (Å²) in [6.07, 6.45) is 4.49. The first-order chi connectivity index (χ1) is 9.47. The second-order valence-electron chi connectivity index (χ2n) is 5.02. The molecule has 1 aromatic rings. The number of nitrogens with one attached hydrogen (secondary N) is 1. The standard InChI is InChI=1S/C14H21NO4S/c1-18-12-9-14(20(3,16)17)13(19-2)8-10(12)11-6-4-5-7-15-11/h8-9,11,15H,4-7H2,1-3H3. The van der Waals surface area contributed by atoms with Gasteiger partial charge in [-0.25, -0.2) is 8.42 Å². The van der Waals surface area contributed by atoms with Crippen molar-refractivity contribution in [1.82, 2.24) is 5.32 Å². The molecule has 6 heteroatoms. The molecule has 1 unspecified atom stereocenters. The minimum Gasteiger partial charge on any atom is -0.496 e. The molecule has 1 saturated heterocycles. The summed E-state index contributed by atoms with van der Waals surface area (Å²) in [4.78, 5) is 0.163. The van der Waals surface area contributed by atoms with Crippen LogP contribution in [0.3, 0.4) is 0 Å². The molecule has 1 heterocycles.